The summed E-state index contributed by atoms with van der Waals surface area (Å²) in [6, 6.07) is 6.10. The van der Waals surface area contributed by atoms with Crippen molar-refractivity contribution in [1.82, 2.24) is 14.3 Å². The molecule has 30 heavy (non-hydrogen) atoms. The van der Waals surface area contributed by atoms with E-state index in [1.807, 2.05) is 6.92 Å². The SMILES string of the molecule is C=CCSc1ncc(Cl)c(C(=O)Nc2ccc(S(=O)(=O)N3CCCCC3C)cc2)n1. The first kappa shape index (κ1) is 22.7. The van der Waals surface area contributed by atoms with Gasteiger partial charge in [-0.1, -0.05) is 35.9 Å². The van der Waals surface area contributed by atoms with Crippen LogP contribution in [-0.2, 0) is 10.0 Å². The molecule has 2 heterocycles. The fourth-order valence-electron chi connectivity index (χ4n) is 3.18. The second-order valence-electron chi connectivity index (χ2n) is 6.89. The first-order valence-corrected chi connectivity index (χ1v) is 12.3. The van der Waals surface area contributed by atoms with E-state index >= 15 is 0 Å². The van der Waals surface area contributed by atoms with E-state index in [0.717, 1.165) is 19.3 Å². The molecule has 0 spiro atoms. The van der Waals surface area contributed by atoms with Gasteiger partial charge >= 0.3 is 0 Å². The molecule has 3 rings (SSSR count). The highest BCUT2D eigenvalue weighted by Crippen LogP contribution is 2.26. The van der Waals surface area contributed by atoms with Crippen molar-refractivity contribution in [1.29, 1.82) is 0 Å². The van der Waals surface area contributed by atoms with Crippen molar-refractivity contribution >= 4 is 45.0 Å². The van der Waals surface area contributed by atoms with E-state index in [1.165, 1.54) is 30.1 Å². The van der Waals surface area contributed by atoms with Gasteiger partial charge in [-0.05, 0) is 44.0 Å². The normalized spacial score (nSPS) is 17.5. The first-order chi connectivity index (χ1) is 14.3. The van der Waals surface area contributed by atoms with E-state index in [4.69, 9.17) is 11.6 Å². The zero-order chi connectivity index (χ0) is 21.7. The number of rotatable bonds is 7. The molecule has 1 aliphatic rings. The minimum absolute atomic E-state index is 0.0174. The van der Waals surface area contributed by atoms with Crippen LogP contribution >= 0.6 is 23.4 Å². The van der Waals surface area contributed by atoms with Gasteiger partial charge in [0.1, 0.15) is 0 Å². The lowest BCUT2D eigenvalue weighted by Crippen LogP contribution is -2.41. The lowest BCUT2D eigenvalue weighted by atomic mass is 10.1. The van der Waals surface area contributed by atoms with Crippen LogP contribution in [0.2, 0.25) is 5.02 Å². The Morgan fingerprint density at radius 2 is 2.10 bits per heavy atom. The quantitative estimate of drug-likeness (QED) is 0.373. The summed E-state index contributed by atoms with van der Waals surface area (Å²) in [5.41, 5.74) is 0.498. The molecule has 1 aromatic carbocycles. The smallest absolute Gasteiger partial charge is 0.275 e. The average Bonchev–Trinajstić information content (AvgIpc) is 2.73. The summed E-state index contributed by atoms with van der Waals surface area (Å²) >= 11 is 7.41. The average molecular weight is 467 g/mol. The van der Waals surface area contributed by atoms with Crippen molar-refractivity contribution in [3.05, 3.63) is 53.8 Å². The predicted molar refractivity (Wildman–Crippen MR) is 120 cm³/mol. The van der Waals surface area contributed by atoms with E-state index in [0.29, 0.717) is 23.1 Å². The second-order valence-corrected chi connectivity index (χ2v) is 10.2. The number of amides is 1. The molecular weight excluding hydrogens is 444 g/mol. The number of nitrogens with zero attached hydrogens (tertiary/aromatic N) is 3. The van der Waals surface area contributed by atoms with Gasteiger partial charge in [-0.3, -0.25) is 4.79 Å². The van der Waals surface area contributed by atoms with Gasteiger partial charge in [0.25, 0.3) is 5.91 Å². The number of aromatic nitrogens is 2. The highest BCUT2D eigenvalue weighted by Gasteiger charge is 2.30. The number of piperidine rings is 1. The number of anilines is 1. The summed E-state index contributed by atoms with van der Waals surface area (Å²) in [7, 11) is -3.56. The molecule has 1 saturated heterocycles. The van der Waals surface area contributed by atoms with Crippen LogP contribution in [0.25, 0.3) is 0 Å². The second kappa shape index (κ2) is 9.91. The van der Waals surface area contributed by atoms with Gasteiger partial charge in [-0.15, -0.1) is 6.58 Å². The van der Waals surface area contributed by atoms with Gasteiger partial charge in [-0.2, -0.15) is 4.31 Å². The van der Waals surface area contributed by atoms with Gasteiger partial charge in [0.15, 0.2) is 10.9 Å². The minimum atomic E-state index is -3.56. The van der Waals surface area contributed by atoms with E-state index in [2.05, 4.69) is 21.9 Å². The Morgan fingerprint density at radius 3 is 2.77 bits per heavy atom. The van der Waals surface area contributed by atoms with Crippen molar-refractivity contribution in [3.63, 3.8) is 0 Å². The summed E-state index contributed by atoms with van der Waals surface area (Å²) in [5.74, 6) is 0.108. The van der Waals surface area contributed by atoms with E-state index < -0.39 is 15.9 Å². The summed E-state index contributed by atoms with van der Waals surface area (Å²) in [6.07, 6.45) is 5.86. The Morgan fingerprint density at radius 1 is 1.37 bits per heavy atom. The summed E-state index contributed by atoms with van der Waals surface area (Å²) in [6.45, 7) is 6.09. The first-order valence-electron chi connectivity index (χ1n) is 9.52. The lowest BCUT2D eigenvalue weighted by molar-refractivity contribution is 0.102. The van der Waals surface area contributed by atoms with Crippen LogP contribution in [0.1, 0.15) is 36.7 Å². The van der Waals surface area contributed by atoms with Gasteiger partial charge in [-0.25, -0.2) is 18.4 Å². The summed E-state index contributed by atoms with van der Waals surface area (Å²) in [5, 5.41) is 3.25. The van der Waals surface area contributed by atoms with Crippen molar-refractivity contribution in [2.24, 2.45) is 0 Å². The molecule has 160 valence electrons. The van der Waals surface area contributed by atoms with E-state index in [1.54, 1.807) is 22.5 Å². The largest absolute Gasteiger partial charge is 0.321 e. The molecular formula is C20H23ClN4O3S2. The molecule has 1 atom stereocenters. The van der Waals surface area contributed by atoms with E-state index in [-0.39, 0.29) is 21.7 Å². The van der Waals surface area contributed by atoms with Gasteiger partial charge < -0.3 is 5.32 Å². The maximum absolute atomic E-state index is 12.9. The fraction of sp³-hybridized carbons (Fsp3) is 0.350. The van der Waals surface area contributed by atoms with Crippen LogP contribution in [-0.4, -0.2) is 46.9 Å². The third-order valence-electron chi connectivity index (χ3n) is 4.73. The number of hydrogen-bond donors (Lipinski definition) is 1. The molecule has 0 aliphatic carbocycles. The Labute approximate surface area is 186 Å². The van der Waals surface area contributed by atoms with Crippen LogP contribution in [0.4, 0.5) is 5.69 Å². The third-order valence-corrected chi connectivity index (χ3v) is 7.89. The number of carbonyl (C=O) groups is 1. The molecule has 0 saturated carbocycles. The minimum Gasteiger partial charge on any atom is -0.321 e. The number of benzene rings is 1. The van der Waals surface area contributed by atoms with Gasteiger partial charge in [0.05, 0.1) is 16.1 Å². The van der Waals surface area contributed by atoms with Crippen LogP contribution < -0.4 is 5.32 Å². The highest BCUT2D eigenvalue weighted by molar-refractivity contribution is 7.99. The van der Waals surface area contributed by atoms with Crippen molar-refractivity contribution in [2.45, 2.75) is 42.3 Å². The Bertz CT molecular complexity index is 1030. The van der Waals surface area contributed by atoms with Crippen LogP contribution in [0.3, 0.4) is 0 Å². The summed E-state index contributed by atoms with van der Waals surface area (Å²) < 4.78 is 27.4. The molecule has 7 nitrogen and oxygen atoms in total. The standard InChI is InChI=1S/C20H23ClN4O3S2/c1-3-12-29-20-22-13-17(21)18(24-20)19(26)23-15-7-9-16(10-8-15)30(27,28)25-11-5-4-6-14(25)2/h3,7-10,13-14H,1,4-6,11-12H2,2H3,(H,23,26). The Hall–Kier alpha value is -1.94. The van der Waals surface area contributed by atoms with Crippen LogP contribution in [0.5, 0.6) is 0 Å². The van der Waals surface area contributed by atoms with Crippen molar-refractivity contribution in [3.8, 4) is 0 Å². The maximum atomic E-state index is 12.9. The Balaban J connectivity index is 1.74. The molecule has 10 heteroatoms. The van der Waals surface area contributed by atoms with Crippen molar-refractivity contribution in [2.75, 3.05) is 17.6 Å². The monoisotopic (exact) mass is 466 g/mol. The lowest BCUT2D eigenvalue weighted by Gasteiger charge is -2.32. The molecule has 1 N–H and O–H groups in total. The van der Waals surface area contributed by atoms with Crippen LogP contribution in [0.15, 0.2) is 53.2 Å². The predicted octanol–water partition coefficient (Wildman–Crippen LogP) is 4.22. The Kier molecular flexibility index (Phi) is 7.51. The number of nitrogens with one attached hydrogen (secondary N) is 1. The van der Waals surface area contributed by atoms with Gasteiger partial charge in [0, 0.05) is 24.0 Å². The molecule has 1 aliphatic heterocycles. The third kappa shape index (κ3) is 5.21. The molecule has 0 bridgehead atoms. The number of sulfonamides is 1. The molecule has 0 radical (unpaired) electrons. The van der Waals surface area contributed by atoms with E-state index in [9.17, 15) is 13.2 Å². The number of hydrogen-bond acceptors (Lipinski definition) is 6. The molecule has 1 unspecified atom stereocenters. The van der Waals surface area contributed by atoms with Crippen molar-refractivity contribution < 1.29 is 13.2 Å². The van der Waals surface area contributed by atoms with Crippen LogP contribution in [0, 0.1) is 0 Å². The number of carbonyl (C=O) groups excluding carboxylic acids is 1. The molecule has 1 aromatic heterocycles. The zero-order valence-corrected chi connectivity index (χ0v) is 18.9. The highest BCUT2D eigenvalue weighted by atomic mass is 35.5. The topological polar surface area (TPSA) is 92.3 Å². The fourth-order valence-corrected chi connectivity index (χ4v) is 5.60. The maximum Gasteiger partial charge on any atom is 0.275 e. The zero-order valence-electron chi connectivity index (χ0n) is 16.5. The number of halogens is 1. The molecule has 1 amide bonds. The summed E-state index contributed by atoms with van der Waals surface area (Å²) in [4.78, 5) is 21.1. The molecule has 2 aromatic rings. The number of thioether (sulfide) groups is 1. The van der Waals surface area contributed by atoms with Gasteiger partial charge in [0.2, 0.25) is 10.0 Å². The molecule has 1 fully saturated rings.